The smallest absolute Gasteiger partial charge is 0.282 e. The van der Waals surface area contributed by atoms with E-state index in [2.05, 4.69) is 9.71 Å². The minimum atomic E-state index is -3.97. The number of carbonyl (C=O) groups excluding carboxylic acids is 1. The molecule has 0 bridgehead atoms. The molecule has 12 heteroatoms. The van der Waals surface area contributed by atoms with Crippen LogP contribution >= 0.6 is 0 Å². The lowest BCUT2D eigenvalue weighted by Gasteiger charge is -2.14. The molecule has 1 saturated carbocycles. The fourth-order valence-corrected chi connectivity index (χ4v) is 5.79. The Hall–Kier alpha value is -4.32. The topological polar surface area (TPSA) is 144 Å². The summed E-state index contributed by atoms with van der Waals surface area (Å²) in [4.78, 5) is 39.8. The van der Waals surface area contributed by atoms with Crippen molar-refractivity contribution in [1.29, 1.82) is 0 Å². The van der Waals surface area contributed by atoms with E-state index in [-0.39, 0.29) is 34.6 Å². The minimum absolute atomic E-state index is 0.0781. The number of aromatic amines is 1. The van der Waals surface area contributed by atoms with E-state index < -0.39 is 37.5 Å². The Labute approximate surface area is 216 Å². The van der Waals surface area contributed by atoms with E-state index in [4.69, 9.17) is 0 Å². The highest BCUT2D eigenvalue weighted by molar-refractivity contribution is 7.91. The fourth-order valence-electron chi connectivity index (χ4n) is 4.51. The van der Waals surface area contributed by atoms with E-state index >= 15 is 0 Å². The number of fused-ring (bicyclic) bond motifs is 1. The fraction of sp³-hybridized carbons (Fsp3) is 0.231. The van der Waals surface area contributed by atoms with Crippen molar-refractivity contribution < 1.29 is 22.5 Å². The zero-order chi connectivity index (χ0) is 27.2. The van der Waals surface area contributed by atoms with E-state index in [0.717, 1.165) is 23.8 Å². The molecule has 2 N–H and O–H groups in total. The van der Waals surface area contributed by atoms with Gasteiger partial charge < -0.3 is 9.55 Å². The number of amides is 1. The van der Waals surface area contributed by atoms with Crippen molar-refractivity contribution in [2.75, 3.05) is 0 Å². The third-order valence-corrected chi connectivity index (χ3v) is 8.43. The summed E-state index contributed by atoms with van der Waals surface area (Å²) in [5.41, 5.74) is 0.531. The number of benzene rings is 2. The number of pyridine rings is 1. The van der Waals surface area contributed by atoms with Crippen LogP contribution in [0.3, 0.4) is 0 Å². The van der Waals surface area contributed by atoms with Gasteiger partial charge in [0.2, 0.25) is 10.0 Å². The second-order valence-corrected chi connectivity index (χ2v) is 11.1. The summed E-state index contributed by atoms with van der Waals surface area (Å²) < 4.78 is 43.8. The van der Waals surface area contributed by atoms with Gasteiger partial charge in [-0.1, -0.05) is 19.1 Å². The number of nitrogens with zero attached hydrogens (tertiary/aromatic N) is 2. The van der Waals surface area contributed by atoms with Gasteiger partial charge in [-0.15, -0.1) is 0 Å². The number of nitrogens with one attached hydrogen (secondary N) is 2. The van der Waals surface area contributed by atoms with Crippen LogP contribution in [0.15, 0.2) is 59.5 Å². The van der Waals surface area contributed by atoms with E-state index in [1.54, 1.807) is 18.2 Å². The van der Waals surface area contributed by atoms with Gasteiger partial charge in [-0.05, 0) is 49.1 Å². The van der Waals surface area contributed by atoms with Gasteiger partial charge in [0, 0.05) is 45.9 Å². The Morgan fingerprint density at radius 3 is 2.63 bits per heavy atom. The van der Waals surface area contributed by atoms with Crippen molar-refractivity contribution >= 4 is 32.5 Å². The Kier molecular flexibility index (Phi) is 6.35. The van der Waals surface area contributed by atoms with Crippen molar-refractivity contribution in [2.24, 2.45) is 0 Å². The number of aromatic nitrogens is 2. The van der Waals surface area contributed by atoms with Gasteiger partial charge in [0.25, 0.3) is 17.2 Å². The van der Waals surface area contributed by atoms with Crippen LogP contribution in [-0.2, 0) is 23.0 Å². The molecule has 2 heterocycles. The van der Waals surface area contributed by atoms with Gasteiger partial charge in [-0.3, -0.25) is 19.7 Å². The Morgan fingerprint density at radius 2 is 1.97 bits per heavy atom. The second kappa shape index (κ2) is 9.53. The number of hydrogen-bond donors (Lipinski definition) is 2. The highest BCUT2D eigenvalue weighted by atomic mass is 32.2. The second-order valence-electron chi connectivity index (χ2n) is 9.14. The quantitative estimate of drug-likeness (QED) is 0.257. The van der Waals surface area contributed by atoms with Crippen LogP contribution in [0.4, 0.5) is 10.1 Å². The molecule has 0 aliphatic heterocycles. The molecule has 2 aromatic heterocycles. The molecule has 38 heavy (non-hydrogen) atoms. The molecule has 0 atom stereocenters. The van der Waals surface area contributed by atoms with Gasteiger partial charge in [0.15, 0.2) is 0 Å². The van der Waals surface area contributed by atoms with Crippen LogP contribution in [0.1, 0.15) is 41.4 Å². The SMILES string of the molecule is CCc1ccc2c(-c3ccc[nH]c3=O)c(C(=O)NS(=O)(=O)C3CC3)n(Cc3cc([N+](=O)[O-])ccc3F)c2c1. The molecule has 5 rings (SSSR count). The summed E-state index contributed by atoms with van der Waals surface area (Å²) in [6, 6.07) is 11.5. The number of aryl methyl sites for hydroxylation is 1. The number of nitro groups is 1. The summed E-state index contributed by atoms with van der Waals surface area (Å²) >= 11 is 0. The summed E-state index contributed by atoms with van der Waals surface area (Å²) in [5, 5.41) is 11.1. The summed E-state index contributed by atoms with van der Waals surface area (Å²) in [7, 11) is -3.97. The van der Waals surface area contributed by atoms with Crippen molar-refractivity contribution in [1.82, 2.24) is 14.3 Å². The van der Waals surface area contributed by atoms with E-state index in [9.17, 15) is 32.5 Å². The number of halogens is 1. The zero-order valence-corrected chi connectivity index (χ0v) is 21.0. The van der Waals surface area contributed by atoms with Crippen LogP contribution in [0, 0.1) is 15.9 Å². The number of nitro benzene ring substituents is 1. The first-order chi connectivity index (χ1) is 18.1. The predicted molar refractivity (Wildman–Crippen MR) is 139 cm³/mol. The van der Waals surface area contributed by atoms with E-state index in [1.807, 2.05) is 13.0 Å². The van der Waals surface area contributed by atoms with Crippen molar-refractivity contribution in [3.05, 3.63) is 97.8 Å². The molecule has 196 valence electrons. The lowest BCUT2D eigenvalue weighted by Crippen LogP contribution is -2.35. The molecular weight excluding hydrogens is 515 g/mol. The van der Waals surface area contributed by atoms with Crippen molar-refractivity contribution in [3.8, 4) is 11.1 Å². The maximum absolute atomic E-state index is 14.9. The molecular formula is C26H23FN4O6S. The van der Waals surface area contributed by atoms with Crippen molar-refractivity contribution in [3.63, 3.8) is 0 Å². The predicted octanol–water partition coefficient (Wildman–Crippen LogP) is 3.88. The lowest BCUT2D eigenvalue weighted by atomic mass is 10.0. The first-order valence-corrected chi connectivity index (χ1v) is 13.5. The van der Waals surface area contributed by atoms with Crippen LogP contribution in [0.5, 0.6) is 0 Å². The monoisotopic (exact) mass is 538 g/mol. The molecule has 1 fully saturated rings. The third-order valence-electron chi connectivity index (χ3n) is 6.61. The molecule has 1 aliphatic rings. The van der Waals surface area contributed by atoms with Crippen LogP contribution in [0.25, 0.3) is 22.0 Å². The summed E-state index contributed by atoms with van der Waals surface area (Å²) in [5.74, 6) is -1.71. The van der Waals surface area contributed by atoms with Gasteiger partial charge in [-0.2, -0.15) is 0 Å². The number of H-pyrrole nitrogens is 1. The van der Waals surface area contributed by atoms with Crippen LogP contribution < -0.4 is 10.3 Å². The number of non-ortho nitro benzene ring substituents is 1. The molecule has 1 aliphatic carbocycles. The maximum atomic E-state index is 14.9. The first-order valence-electron chi connectivity index (χ1n) is 11.9. The Bertz CT molecular complexity index is 1770. The summed E-state index contributed by atoms with van der Waals surface area (Å²) in [6.45, 7) is 1.60. The molecule has 0 radical (unpaired) electrons. The molecule has 4 aromatic rings. The van der Waals surface area contributed by atoms with Gasteiger partial charge in [-0.25, -0.2) is 17.5 Å². The minimum Gasteiger partial charge on any atom is -0.331 e. The molecule has 1 amide bonds. The molecule has 2 aromatic carbocycles. The molecule has 10 nitrogen and oxygen atoms in total. The largest absolute Gasteiger partial charge is 0.331 e. The molecule has 0 spiro atoms. The number of rotatable bonds is 8. The van der Waals surface area contributed by atoms with E-state index in [1.165, 1.54) is 16.8 Å². The lowest BCUT2D eigenvalue weighted by molar-refractivity contribution is -0.385. The van der Waals surface area contributed by atoms with Gasteiger partial charge >= 0.3 is 0 Å². The Morgan fingerprint density at radius 1 is 1.21 bits per heavy atom. The maximum Gasteiger partial charge on any atom is 0.282 e. The third kappa shape index (κ3) is 4.58. The molecule has 0 saturated heterocycles. The average Bonchev–Trinajstić information content (AvgIpc) is 3.70. The highest BCUT2D eigenvalue weighted by Gasteiger charge is 2.38. The number of carbonyl (C=O) groups is 1. The number of sulfonamides is 1. The normalized spacial score (nSPS) is 13.5. The first kappa shape index (κ1) is 25.3. The van der Waals surface area contributed by atoms with Gasteiger partial charge in [0.05, 0.1) is 16.7 Å². The molecule has 0 unspecified atom stereocenters. The van der Waals surface area contributed by atoms with Crippen molar-refractivity contribution in [2.45, 2.75) is 38.0 Å². The van der Waals surface area contributed by atoms with E-state index in [0.29, 0.717) is 30.2 Å². The Balaban J connectivity index is 1.81. The summed E-state index contributed by atoms with van der Waals surface area (Å²) in [6.07, 6.45) is 2.91. The average molecular weight is 539 g/mol. The highest BCUT2D eigenvalue weighted by Crippen LogP contribution is 2.36. The zero-order valence-electron chi connectivity index (χ0n) is 20.2. The van der Waals surface area contributed by atoms with Gasteiger partial charge in [0.1, 0.15) is 11.5 Å². The van der Waals surface area contributed by atoms with Crippen LogP contribution in [0.2, 0.25) is 0 Å². The standard InChI is InChI=1S/C26H23FN4O6S/c1-2-15-5-9-19-22(12-15)30(14-16-13-17(31(34)35)6-10-21(16)27)24(23(19)20-4-3-11-28-25(20)32)26(33)29-38(36,37)18-7-8-18/h3-6,9-13,18H,2,7-8,14H2,1H3,(H,28,32)(H,29,33). The number of hydrogen-bond acceptors (Lipinski definition) is 6. The van der Waals surface area contributed by atoms with Crippen LogP contribution in [-0.4, -0.2) is 34.0 Å².